The number of nitrogens with zero attached hydrogens (tertiary/aromatic N) is 1. The number of hydrogen-bond acceptors (Lipinski definition) is 1. The van der Waals surface area contributed by atoms with Gasteiger partial charge >= 0.3 is 0 Å². The molecule has 1 rings (SSSR count). The molecule has 0 aliphatic rings. The van der Waals surface area contributed by atoms with E-state index in [1.54, 1.807) is 0 Å². The van der Waals surface area contributed by atoms with Crippen molar-refractivity contribution in [3.8, 4) is 6.07 Å². The Morgan fingerprint density at radius 2 is 2.17 bits per heavy atom. The van der Waals surface area contributed by atoms with Gasteiger partial charge in [-0.25, -0.2) is 0 Å². The zero-order valence-electron chi connectivity index (χ0n) is 6.96. The molecule has 1 nitrogen and oxygen atoms in total. The fourth-order valence-corrected chi connectivity index (χ4v) is 1.10. The van der Waals surface area contributed by atoms with Crippen molar-refractivity contribution in [2.45, 2.75) is 12.8 Å². The van der Waals surface area contributed by atoms with Crippen molar-refractivity contribution >= 4 is 0 Å². The summed E-state index contributed by atoms with van der Waals surface area (Å²) >= 11 is 0. The van der Waals surface area contributed by atoms with E-state index < -0.39 is 0 Å². The first kappa shape index (κ1) is 8.55. The summed E-state index contributed by atoms with van der Waals surface area (Å²) in [6.45, 7) is 3.65. The van der Waals surface area contributed by atoms with E-state index in [4.69, 9.17) is 5.26 Å². The van der Waals surface area contributed by atoms with Crippen LogP contribution in [0.2, 0.25) is 0 Å². The van der Waals surface area contributed by atoms with Crippen LogP contribution < -0.4 is 0 Å². The van der Waals surface area contributed by atoms with E-state index in [2.05, 4.69) is 12.6 Å². The minimum Gasteiger partial charge on any atom is -0.192 e. The molecule has 0 aliphatic carbocycles. The molecule has 0 aliphatic heterocycles. The molecule has 0 atom stereocenters. The third-order valence-electron chi connectivity index (χ3n) is 1.76. The summed E-state index contributed by atoms with van der Waals surface area (Å²) in [7, 11) is 0. The van der Waals surface area contributed by atoms with Crippen molar-refractivity contribution in [2.24, 2.45) is 0 Å². The fraction of sp³-hybridized carbons (Fsp3) is 0.182. The van der Waals surface area contributed by atoms with E-state index in [0.29, 0.717) is 0 Å². The van der Waals surface area contributed by atoms with Gasteiger partial charge in [0.1, 0.15) is 0 Å². The Bertz CT molecular complexity index is 307. The van der Waals surface area contributed by atoms with Gasteiger partial charge in [-0.1, -0.05) is 24.3 Å². The number of allylic oxidation sites excluding steroid dienone is 1. The summed E-state index contributed by atoms with van der Waals surface area (Å²) in [5.41, 5.74) is 1.89. The van der Waals surface area contributed by atoms with Crippen LogP contribution in [0.1, 0.15) is 17.5 Å². The molecule has 60 valence electrons. The molecule has 0 saturated carbocycles. The predicted molar refractivity (Wildman–Crippen MR) is 49.7 cm³/mol. The van der Waals surface area contributed by atoms with Crippen LogP contribution in [0.4, 0.5) is 0 Å². The van der Waals surface area contributed by atoms with Crippen LogP contribution in [0, 0.1) is 11.3 Å². The van der Waals surface area contributed by atoms with Gasteiger partial charge in [0.25, 0.3) is 0 Å². The third kappa shape index (κ3) is 1.96. The van der Waals surface area contributed by atoms with Crippen molar-refractivity contribution in [3.05, 3.63) is 48.0 Å². The standard InChI is InChI=1S/C11H11N/c1-2-3-6-10-7-4-5-8-11(10)9-12/h2,4-5,7-8H,1,3,6H2. The topological polar surface area (TPSA) is 23.8 Å². The second-order valence-corrected chi connectivity index (χ2v) is 2.60. The van der Waals surface area contributed by atoms with Gasteiger partial charge in [0, 0.05) is 0 Å². The molecule has 0 N–H and O–H groups in total. The lowest BCUT2D eigenvalue weighted by molar-refractivity contribution is 0.998. The monoisotopic (exact) mass is 157 g/mol. The first-order valence-electron chi connectivity index (χ1n) is 3.97. The summed E-state index contributed by atoms with van der Waals surface area (Å²) in [6, 6.07) is 9.85. The molecule has 0 saturated heterocycles. The molecule has 1 aromatic carbocycles. The minimum absolute atomic E-state index is 0.777. The molecule has 0 spiro atoms. The van der Waals surface area contributed by atoms with E-state index in [1.807, 2.05) is 30.3 Å². The highest BCUT2D eigenvalue weighted by molar-refractivity contribution is 5.37. The van der Waals surface area contributed by atoms with E-state index >= 15 is 0 Å². The van der Waals surface area contributed by atoms with Gasteiger partial charge in [0.15, 0.2) is 0 Å². The number of rotatable bonds is 3. The average molecular weight is 157 g/mol. The number of hydrogen-bond donors (Lipinski definition) is 0. The van der Waals surface area contributed by atoms with Crippen molar-refractivity contribution in [1.29, 1.82) is 5.26 Å². The Balaban J connectivity index is 2.83. The fourth-order valence-electron chi connectivity index (χ4n) is 1.10. The maximum atomic E-state index is 8.74. The second-order valence-electron chi connectivity index (χ2n) is 2.60. The normalized spacial score (nSPS) is 8.92. The lowest BCUT2D eigenvalue weighted by atomic mass is 10.0. The van der Waals surface area contributed by atoms with Gasteiger partial charge in [-0.2, -0.15) is 5.26 Å². The molecule has 1 aromatic rings. The van der Waals surface area contributed by atoms with Crippen molar-refractivity contribution in [2.75, 3.05) is 0 Å². The molecule has 0 aromatic heterocycles. The van der Waals surface area contributed by atoms with Crippen LogP contribution in [-0.2, 0) is 6.42 Å². The number of benzene rings is 1. The quantitative estimate of drug-likeness (QED) is 0.619. The molecule has 0 amide bonds. The van der Waals surface area contributed by atoms with Gasteiger partial charge in [-0.3, -0.25) is 0 Å². The van der Waals surface area contributed by atoms with Crippen molar-refractivity contribution in [1.82, 2.24) is 0 Å². The van der Waals surface area contributed by atoms with Crippen LogP contribution in [0.3, 0.4) is 0 Å². The van der Waals surface area contributed by atoms with E-state index in [9.17, 15) is 0 Å². The highest BCUT2D eigenvalue weighted by Gasteiger charge is 1.97. The summed E-state index contributed by atoms with van der Waals surface area (Å²) in [5.74, 6) is 0. The van der Waals surface area contributed by atoms with Crippen molar-refractivity contribution in [3.63, 3.8) is 0 Å². The van der Waals surface area contributed by atoms with Gasteiger partial charge in [0.2, 0.25) is 0 Å². The Morgan fingerprint density at radius 3 is 2.83 bits per heavy atom. The van der Waals surface area contributed by atoms with Gasteiger partial charge < -0.3 is 0 Å². The predicted octanol–water partition coefficient (Wildman–Crippen LogP) is 2.68. The average Bonchev–Trinajstić information content (AvgIpc) is 2.15. The SMILES string of the molecule is C=CCCc1ccccc1C#N. The summed E-state index contributed by atoms with van der Waals surface area (Å²) in [6.07, 6.45) is 3.71. The molecule has 0 fully saturated rings. The Morgan fingerprint density at radius 1 is 1.42 bits per heavy atom. The summed E-state index contributed by atoms with van der Waals surface area (Å²) < 4.78 is 0. The number of nitriles is 1. The van der Waals surface area contributed by atoms with Crippen molar-refractivity contribution < 1.29 is 0 Å². The maximum Gasteiger partial charge on any atom is 0.0994 e. The zero-order chi connectivity index (χ0) is 8.81. The minimum atomic E-state index is 0.777. The van der Waals surface area contributed by atoms with E-state index in [-0.39, 0.29) is 0 Å². The first-order valence-corrected chi connectivity index (χ1v) is 3.97. The largest absolute Gasteiger partial charge is 0.192 e. The van der Waals surface area contributed by atoms with Gasteiger partial charge in [-0.05, 0) is 24.5 Å². The van der Waals surface area contributed by atoms with Crippen LogP contribution in [0.15, 0.2) is 36.9 Å². The molecular weight excluding hydrogens is 146 g/mol. The molecule has 0 bridgehead atoms. The lowest BCUT2D eigenvalue weighted by Gasteiger charge is -1.99. The number of aryl methyl sites for hydroxylation is 1. The maximum absolute atomic E-state index is 8.74. The first-order chi connectivity index (χ1) is 5.88. The Kier molecular flexibility index (Phi) is 3.10. The van der Waals surface area contributed by atoms with Crippen LogP contribution in [0.5, 0.6) is 0 Å². The molecule has 1 heteroatoms. The van der Waals surface area contributed by atoms with E-state index in [1.165, 1.54) is 0 Å². The summed E-state index contributed by atoms with van der Waals surface area (Å²) in [4.78, 5) is 0. The van der Waals surface area contributed by atoms with Gasteiger partial charge in [-0.15, -0.1) is 6.58 Å². The second kappa shape index (κ2) is 4.35. The molecule has 0 radical (unpaired) electrons. The smallest absolute Gasteiger partial charge is 0.0994 e. The highest BCUT2D eigenvalue weighted by atomic mass is 14.2. The Labute approximate surface area is 73.0 Å². The Hall–Kier alpha value is -1.55. The lowest BCUT2D eigenvalue weighted by Crippen LogP contribution is -1.87. The third-order valence-corrected chi connectivity index (χ3v) is 1.76. The molecule has 12 heavy (non-hydrogen) atoms. The molecular formula is C11H11N. The molecule has 0 unspecified atom stereocenters. The zero-order valence-corrected chi connectivity index (χ0v) is 6.96. The van der Waals surface area contributed by atoms with Gasteiger partial charge in [0.05, 0.1) is 11.6 Å². The van der Waals surface area contributed by atoms with Crippen LogP contribution in [0.25, 0.3) is 0 Å². The highest BCUT2D eigenvalue weighted by Crippen LogP contribution is 2.09. The summed E-state index contributed by atoms with van der Waals surface area (Å²) in [5, 5.41) is 8.74. The van der Waals surface area contributed by atoms with Crippen LogP contribution in [-0.4, -0.2) is 0 Å². The van der Waals surface area contributed by atoms with Crippen LogP contribution >= 0.6 is 0 Å². The van der Waals surface area contributed by atoms with E-state index in [0.717, 1.165) is 24.0 Å². The molecule has 0 heterocycles.